The van der Waals surface area contributed by atoms with Gasteiger partial charge in [0.15, 0.2) is 11.5 Å². The number of rotatable bonds is 4. The van der Waals surface area contributed by atoms with E-state index in [0.29, 0.717) is 18.0 Å². The fraction of sp³-hybridized carbons (Fsp3) is 0.417. The molecule has 2 aromatic rings. The molecule has 2 rings (SSSR count). The molecule has 17 heavy (non-hydrogen) atoms. The molecule has 0 amide bonds. The summed E-state index contributed by atoms with van der Waals surface area (Å²) in [6, 6.07) is 3.82. The van der Waals surface area contributed by atoms with Crippen LogP contribution in [-0.2, 0) is 6.54 Å². The van der Waals surface area contributed by atoms with Crippen LogP contribution in [0.3, 0.4) is 0 Å². The quantitative estimate of drug-likeness (QED) is 0.868. The fourth-order valence-electron chi connectivity index (χ4n) is 1.98. The van der Waals surface area contributed by atoms with Gasteiger partial charge in [-0.25, -0.2) is 4.98 Å². The molecule has 2 N–H and O–H groups in total. The summed E-state index contributed by atoms with van der Waals surface area (Å²) in [5, 5.41) is 0. The Balaban J connectivity index is 2.65. The molecular weight excluding hydrogens is 218 g/mol. The van der Waals surface area contributed by atoms with Crippen molar-refractivity contribution in [3.63, 3.8) is 0 Å². The number of fused-ring (bicyclic) bond motifs is 1. The molecule has 0 radical (unpaired) electrons. The largest absolute Gasteiger partial charge is 0.493 e. The zero-order chi connectivity index (χ0) is 12.4. The van der Waals surface area contributed by atoms with Gasteiger partial charge in [0.25, 0.3) is 0 Å². The molecule has 1 aromatic carbocycles. The van der Waals surface area contributed by atoms with Crippen molar-refractivity contribution in [2.24, 2.45) is 5.73 Å². The average molecular weight is 235 g/mol. The lowest BCUT2D eigenvalue weighted by Crippen LogP contribution is -2.10. The van der Waals surface area contributed by atoms with Gasteiger partial charge in [0, 0.05) is 25.2 Å². The van der Waals surface area contributed by atoms with Crippen LogP contribution in [0.15, 0.2) is 12.1 Å². The molecule has 0 bridgehead atoms. The number of hydrogen-bond acceptors (Lipinski definition) is 4. The van der Waals surface area contributed by atoms with Crippen LogP contribution in [0.2, 0.25) is 0 Å². The van der Waals surface area contributed by atoms with Crippen molar-refractivity contribution in [3.8, 4) is 11.5 Å². The van der Waals surface area contributed by atoms with Crippen LogP contribution in [0.5, 0.6) is 11.5 Å². The van der Waals surface area contributed by atoms with E-state index in [1.165, 1.54) is 0 Å². The molecule has 5 nitrogen and oxygen atoms in total. The van der Waals surface area contributed by atoms with Crippen LogP contribution in [-0.4, -0.2) is 30.3 Å². The predicted molar refractivity (Wildman–Crippen MR) is 66.6 cm³/mol. The molecule has 5 heteroatoms. The molecule has 0 unspecified atom stereocenters. The van der Waals surface area contributed by atoms with Crippen LogP contribution in [0.25, 0.3) is 11.0 Å². The van der Waals surface area contributed by atoms with Crippen molar-refractivity contribution in [2.45, 2.75) is 13.5 Å². The third kappa shape index (κ3) is 1.93. The van der Waals surface area contributed by atoms with E-state index in [0.717, 1.165) is 23.4 Å². The zero-order valence-corrected chi connectivity index (χ0v) is 10.4. The number of aromatic nitrogens is 2. The topological polar surface area (TPSA) is 62.3 Å². The number of aryl methyl sites for hydroxylation is 1. The SMILES string of the molecule is COc1cc2nc(C)n(CCN)c2cc1OC. The highest BCUT2D eigenvalue weighted by Gasteiger charge is 2.12. The van der Waals surface area contributed by atoms with Crippen LogP contribution in [0.1, 0.15) is 5.82 Å². The molecule has 92 valence electrons. The highest BCUT2D eigenvalue weighted by molar-refractivity contribution is 5.80. The molecule has 0 atom stereocenters. The molecule has 0 aliphatic heterocycles. The van der Waals surface area contributed by atoms with E-state index in [1.54, 1.807) is 14.2 Å². The normalized spacial score (nSPS) is 10.8. The number of methoxy groups -OCH3 is 2. The second-order valence-electron chi connectivity index (χ2n) is 3.80. The first-order valence-corrected chi connectivity index (χ1v) is 5.50. The standard InChI is InChI=1S/C12H17N3O2/c1-8-14-9-6-11(16-2)12(17-3)7-10(9)15(8)5-4-13/h6-7H,4-5,13H2,1-3H3. The molecule has 1 aromatic heterocycles. The van der Waals surface area contributed by atoms with Crippen LogP contribution in [0, 0.1) is 6.92 Å². The van der Waals surface area contributed by atoms with Crippen molar-refractivity contribution in [1.29, 1.82) is 0 Å². The van der Waals surface area contributed by atoms with E-state index >= 15 is 0 Å². The van der Waals surface area contributed by atoms with E-state index in [1.807, 2.05) is 19.1 Å². The van der Waals surface area contributed by atoms with Crippen LogP contribution >= 0.6 is 0 Å². The van der Waals surface area contributed by atoms with Gasteiger partial charge in [0.1, 0.15) is 5.82 Å². The van der Waals surface area contributed by atoms with Gasteiger partial charge in [-0.1, -0.05) is 0 Å². The Morgan fingerprint density at radius 1 is 1.24 bits per heavy atom. The summed E-state index contributed by atoms with van der Waals surface area (Å²) in [7, 11) is 3.24. The minimum atomic E-state index is 0.584. The van der Waals surface area contributed by atoms with Gasteiger partial charge in [0.2, 0.25) is 0 Å². The summed E-state index contributed by atoms with van der Waals surface area (Å²) in [6.07, 6.45) is 0. The third-order valence-corrected chi connectivity index (χ3v) is 2.80. The lowest BCUT2D eigenvalue weighted by atomic mass is 10.2. The lowest BCUT2D eigenvalue weighted by Gasteiger charge is -2.09. The van der Waals surface area contributed by atoms with Crippen molar-refractivity contribution in [3.05, 3.63) is 18.0 Å². The number of ether oxygens (including phenoxy) is 2. The smallest absolute Gasteiger partial charge is 0.163 e. The second kappa shape index (κ2) is 4.63. The van der Waals surface area contributed by atoms with Gasteiger partial charge in [0.05, 0.1) is 25.3 Å². The van der Waals surface area contributed by atoms with Crippen LogP contribution < -0.4 is 15.2 Å². The maximum absolute atomic E-state index is 5.60. The zero-order valence-electron chi connectivity index (χ0n) is 10.4. The van der Waals surface area contributed by atoms with Gasteiger partial charge in [-0.2, -0.15) is 0 Å². The van der Waals surface area contributed by atoms with Crippen molar-refractivity contribution in [2.75, 3.05) is 20.8 Å². The Morgan fingerprint density at radius 3 is 2.47 bits per heavy atom. The molecule has 0 spiro atoms. The van der Waals surface area contributed by atoms with Crippen molar-refractivity contribution in [1.82, 2.24) is 9.55 Å². The van der Waals surface area contributed by atoms with Gasteiger partial charge >= 0.3 is 0 Å². The summed E-state index contributed by atoms with van der Waals surface area (Å²) in [4.78, 5) is 4.49. The Labute approximate surface area is 100 Å². The first kappa shape index (κ1) is 11.7. The van der Waals surface area contributed by atoms with Gasteiger partial charge in [-0.15, -0.1) is 0 Å². The van der Waals surface area contributed by atoms with Crippen molar-refractivity contribution >= 4 is 11.0 Å². The highest BCUT2D eigenvalue weighted by atomic mass is 16.5. The Hall–Kier alpha value is -1.75. The molecule has 1 heterocycles. The summed E-state index contributed by atoms with van der Waals surface area (Å²) >= 11 is 0. The average Bonchev–Trinajstić information content (AvgIpc) is 2.64. The Bertz CT molecular complexity index is 534. The Morgan fingerprint density at radius 2 is 1.88 bits per heavy atom. The number of nitrogens with two attached hydrogens (primary N) is 1. The van der Waals surface area contributed by atoms with Gasteiger partial charge in [-0.3, -0.25) is 0 Å². The molecule has 0 aliphatic rings. The van der Waals surface area contributed by atoms with Crippen LogP contribution in [0.4, 0.5) is 0 Å². The first-order chi connectivity index (χ1) is 8.21. The van der Waals surface area contributed by atoms with E-state index in [4.69, 9.17) is 15.2 Å². The second-order valence-corrected chi connectivity index (χ2v) is 3.80. The third-order valence-electron chi connectivity index (χ3n) is 2.80. The maximum Gasteiger partial charge on any atom is 0.163 e. The molecule has 0 fully saturated rings. The van der Waals surface area contributed by atoms with E-state index in [-0.39, 0.29) is 0 Å². The molecular formula is C12H17N3O2. The monoisotopic (exact) mass is 235 g/mol. The van der Waals surface area contributed by atoms with Crippen molar-refractivity contribution < 1.29 is 9.47 Å². The Kier molecular flexibility index (Phi) is 3.19. The number of benzene rings is 1. The number of imidazole rings is 1. The first-order valence-electron chi connectivity index (χ1n) is 5.50. The lowest BCUT2D eigenvalue weighted by molar-refractivity contribution is 0.355. The maximum atomic E-state index is 5.60. The summed E-state index contributed by atoms with van der Waals surface area (Å²) in [5.41, 5.74) is 7.52. The highest BCUT2D eigenvalue weighted by Crippen LogP contribution is 2.32. The fourth-order valence-corrected chi connectivity index (χ4v) is 1.98. The number of nitrogens with zero attached hydrogens (tertiary/aromatic N) is 2. The molecule has 0 aliphatic carbocycles. The molecule has 0 saturated heterocycles. The summed E-state index contributed by atoms with van der Waals surface area (Å²) in [5.74, 6) is 2.34. The van der Waals surface area contributed by atoms with E-state index < -0.39 is 0 Å². The van der Waals surface area contributed by atoms with Gasteiger partial charge < -0.3 is 19.8 Å². The minimum absolute atomic E-state index is 0.584. The predicted octanol–water partition coefficient (Wildman–Crippen LogP) is 1.32. The van der Waals surface area contributed by atoms with Gasteiger partial charge in [-0.05, 0) is 6.92 Å². The minimum Gasteiger partial charge on any atom is -0.493 e. The summed E-state index contributed by atoms with van der Waals surface area (Å²) < 4.78 is 12.6. The number of hydrogen-bond donors (Lipinski definition) is 1. The van der Waals surface area contributed by atoms with E-state index in [2.05, 4.69) is 9.55 Å². The summed E-state index contributed by atoms with van der Waals surface area (Å²) in [6.45, 7) is 3.30. The van der Waals surface area contributed by atoms with E-state index in [9.17, 15) is 0 Å². The molecule has 0 saturated carbocycles.